The number of pyridine rings is 1. The van der Waals surface area contributed by atoms with Crippen LogP contribution in [0.5, 0.6) is 0 Å². The molecule has 0 aliphatic rings. The number of aromatic nitrogens is 3. The van der Waals surface area contributed by atoms with Crippen LogP contribution in [0.1, 0.15) is 0 Å². The molecule has 0 amide bonds. The predicted octanol–water partition coefficient (Wildman–Crippen LogP) is 15.7. The quantitative estimate of drug-likeness (QED) is 0.157. The van der Waals surface area contributed by atoms with E-state index in [-0.39, 0.29) is 0 Å². The van der Waals surface area contributed by atoms with E-state index in [1.54, 1.807) is 0 Å². The normalized spacial score (nSPS) is 11.6. The lowest BCUT2D eigenvalue weighted by Gasteiger charge is -2.15. The van der Waals surface area contributed by atoms with Gasteiger partial charge in [-0.1, -0.05) is 188 Å². The molecule has 0 saturated carbocycles. The first-order valence-corrected chi connectivity index (χ1v) is 21.4. The summed E-state index contributed by atoms with van der Waals surface area (Å²) in [6, 6.07) is 75.5. The smallest absolute Gasteiger partial charge is 0.160 e. The molecule has 0 saturated heterocycles. The molecule has 0 fully saturated rings. The molecule has 0 N–H and O–H groups in total. The van der Waals surface area contributed by atoms with Crippen molar-refractivity contribution in [1.82, 2.24) is 15.0 Å². The summed E-state index contributed by atoms with van der Waals surface area (Å²) >= 11 is 1.84. The highest BCUT2D eigenvalue weighted by Crippen LogP contribution is 2.47. The Bertz CT molecular complexity index is 3630. The van der Waals surface area contributed by atoms with Gasteiger partial charge in [0.05, 0.1) is 27.3 Å². The average Bonchev–Trinajstić information content (AvgIpc) is 3.74. The Morgan fingerprint density at radius 1 is 0.328 bits per heavy atom. The van der Waals surface area contributed by atoms with E-state index in [0.29, 0.717) is 5.82 Å². The standard InChI is InChI=1S/C57H35N3S/c1-3-15-36(16-4-1)37-29-31-38(32-30-37)50-35-51(59-57(58-50)39-17-5-2-6-18-39)42-21-13-20-40(33-42)44-26-14-27-48-53-47-25-11-12-28-52(47)61-56(53)55(60-54(44)48)49-34-41-19-7-8-22-43(41)45-23-9-10-24-46(45)49/h1-35H. The second-order valence-corrected chi connectivity index (χ2v) is 16.6. The van der Waals surface area contributed by atoms with Crippen LogP contribution in [-0.4, -0.2) is 15.0 Å². The van der Waals surface area contributed by atoms with Crippen molar-refractivity contribution in [2.24, 2.45) is 0 Å². The third-order valence-electron chi connectivity index (χ3n) is 11.9. The third-order valence-corrected chi connectivity index (χ3v) is 13.1. The van der Waals surface area contributed by atoms with Gasteiger partial charge in [-0.2, -0.15) is 0 Å². The molecule has 3 heterocycles. The zero-order valence-electron chi connectivity index (χ0n) is 33.0. The van der Waals surface area contributed by atoms with E-state index in [9.17, 15) is 0 Å². The van der Waals surface area contributed by atoms with Crippen LogP contribution in [0.3, 0.4) is 0 Å². The van der Waals surface area contributed by atoms with E-state index >= 15 is 0 Å². The number of hydrogen-bond donors (Lipinski definition) is 0. The Morgan fingerprint density at radius 3 is 1.70 bits per heavy atom. The second kappa shape index (κ2) is 14.5. The summed E-state index contributed by atoms with van der Waals surface area (Å²) < 4.78 is 2.47. The molecule has 0 aliphatic heterocycles. The number of nitrogens with zero attached hydrogens (tertiary/aromatic N) is 3. The van der Waals surface area contributed by atoms with Crippen LogP contribution in [0, 0.1) is 0 Å². The molecule has 61 heavy (non-hydrogen) atoms. The van der Waals surface area contributed by atoms with Gasteiger partial charge in [0.15, 0.2) is 5.82 Å². The van der Waals surface area contributed by atoms with Crippen molar-refractivity contribution in [2.75, 3.05) is 0 Å². The van der Waals surface area contributed by atoms with Crippen molar-refractivity contribution in [3.05, 3.63) is 212 Å². The first-order chi connectivity index (χ1) is 30.2. The largest absolute Gasteiger partial charge is 0.246 e. The lowest BCUT2D eigenvalue weighted by atomic mass is 9.93. The third kappa shape index (κ3) is 6.07. The SMILES string of the molecule is c1ccc(-c2ccc(-c3cc(-c4cccc(-c5cccc6c5nc(-c5cc7ccccc7c7ccccc57)c5sc7ccccc7c56)c4)nc(-c4ccccc4)n3)cc2)cc1. The molecule has 0 aliphatic carbocycles. The lowest BCUT2D eigenvalue weighted by molar-refractivity contribution is 1.18. The maximum absolute atomic E-state index is 5.73. The Balaban J connectivity index is 1.06. The molecule has 0 radical (unpaired) electrons. The van der Waals surface area contributed by atoms with Crippen LogP contribution in [0.15, 0.2) is 212 Å². The molecule has 0 unspecified atom stereocenters. The molecule has 284 valence electrons. The van der Waals surface area contributed by atoms with Gasteiger partial charge in [0.1, 0.15) is 0 Å². The number of thiophene rings is 1. The van der Waals surface area contributed by atoms with Crippen molar-refractivity contribution in [3.8, 4) is 67.4 Å². The summed E-state index contributed by atoms with van der Waals surface area (Å²) in [6.07, 6.45) is 0. The summed E-state index contributed by atoms with van der Waals surface area (Å²) in [6.45, 7) is 0. The summed E-state index contributed by atoms with van der Waals surface area (Å²) in [5, 5.41) is 8.56. The zero-order valence-corrected chi connectivity index (χ0v) is 33.8. The summed E-state index contributed by atoms with van der Waals surface area (Å²) in [7, 11) is 0. The van der Waals surface area contributed by atoms with E-state index in [4.69, 9.17) is 15.0 Å². The zero-order chi connectivity index (χ0) is 40.3. The minimum absolute atomic E-state index is 0.691. The van der Waals surface area contributed by atoms with Gasteiger partial charge in [0.25, 0.3) is 0 Å². The second-order valence-electron chi connectivity index (χ2n) is 15.5. The fourth-order valence-electron chi connectivity index (χ4n) is 8.94. The van der Waals surface area contributed by atoms with E-state index in [1.165, 1.54) is 52.8 Å². The molecule has 3 nitrogen and oxygen atoms in total. The van der Waals surface area contributed by atoms with Gasteiger partial charge < -0.3 is 0 Å². The number of fused-ring (bicyclic) bond motifs is 8. The van der Waals surface area contributed by atoms with Crippen LogP contribution in [-0.2, 0) is 0 Å². The van der Waals surface area contributed by atoms with Crippen molar-refractivity contribution in [1.29, 1.82) is 0 Å². The molecule has 12 rings (SSSR count). The molecule has 9 aromatic carbocycles. The first-order valence-electron chi connectivity index (χ1n) is 20.6. The molecular weight excluding hydrogens is 759 g/mol. The van der Waals surface area contributed by atoms with Crippen molar-refractivity contribution < 1.29 is 0 Å². The van der Waals surface area contributed by atoms with Gasteiger partial charge in [-0.3, -0.25) is 0 Å². The molecule has 0 atom stereocenters. The summed E-state index contributed by atoms with van der Waals surface area (Å²) in [5.41, 5.74) is 12.4. The number of hydrogen-bond acceptors (Lipinski definition) is 4. The monoisotopic (exact) mass is 793 g/mol. The highest BCUT2D eigenvalue weighted by atomic mass is 32.1. The van der Waals surface area contributed by atoms with Crippen LogP contribution in [0.2, 0.25) is 0 Å². The van der Waals surface area contributed by atoms with Crippen molar-refractivity contribution >= 4 is 64.0 Å². The molecule has 0 spiro atoms. The van der Waals surface area contributed by atoms with Crippen molar-refractivity contribution in [3.63, 3.8) is 0 Å². The van der Waals surface area contributed by atoms with Gasteiger partial charge >= 0.3 is 0 Å². The maximum Gasteiger partial charge on any atom is 0.160 e. The Kier molecular flexibility index (Phi) is 8.36. The van der Waals surface area contributed by atoms with Gasteiger partial charge in [0.2, 0.25) is 0 Å². The lowest BCUT2D eigenvalue weighted by Crippen LogP contribution is -1.96. The molecule has 0 bridgehead atoms. The van der Waals surface area contributed by atoms with Crippen LogP contribution in [0.25, 0.3) is 120 Å². The van der Waals surface area contributed by atoms with Gasteiger partial charge in [-0.05, 0) is 62.5 Å². The number of rotatable bonds is 6. The fraction of sp³-hybridized carbons (Fsp3) is 0. The summed E-state index contributed by atoms with van der Waals surface area (Å²) in [5.74, 6) is 0.691. The van der Waals surface area contributed by atoms with E-state index < -0.39 is 0 Å². The fourth-order valence-corrected chi connectivity index (χ4v) is 10.2. The van der Waals surface area contributed by atoms with Crippen molar-refractivity contribution in [2.45, 2.75) is 0 Å². The average molecular weight is 794 g/mol. The Morgan fingerprint density at radius 2 is 0.902 bits per heavy atom. The van der Waals surface area contributed by atoms with Gasteiger partial charge in [-0.15, -0.1) is 11.3 Å². The Labute approximate surface area is 356 Å². The van der Waals surface area contributed by atoms with Gasteiger partial charge in [-0.25, -0.2) is 15.0 Å². The number of benzene rings is 9. The predicted molar refractivity (Wildman–Crippen MR) is 258 cm³/mol. The minimum Gasteiger partial charge on any atom is -0.246 e. The summed E-state index contributed by atoms with van der Waals surface area (Å²) in [4.78, 5) is 16.1. The number of para-hydroxylation sites is 1. The van der Waals surface area contributed by atoms with E-state index in [2.05, 4.69) is 188 Å². The van der Waals surface area contributed by atoms with Crippen LogP contribution >= 0.6 is 11.3 Å². The van der Waals surface area contributed by atoms with Crippen LogP contribution < -0.4 is 0 Å². The topological polar surface area (TPSA) is 38.7 Å². The molecule has 3 aromatic heterocycles. The molecule has 12 aromatic rings. The van der Waals surface area contributed by atoms with Gasteiger partial charge in [0, 0.05) is 48.7 Å². The molecule has 4 heteroatoms. The highest BCUT2D eigenvalue weighted by Gasteiger charge is 2.21. The molecular formula is C57H35N3S. The highest BCUT2D eigenvalue weighted by molar-refractivity contribution is 7.26. The van der Waals surface area contributed by atoms with Crippen LogP contribution in [0.4, 0.5) is 0 Å². The maximum atomic E-state index is 5.73. The minimum atomic E-state index is 0.691. The van der Waals surface area contributed by atoms with E-state index in [0.717, 1.165) is 61.4 Å². The van der Waals surface area contributed by atoms with E-state index in [1.807, 2.05) is 35.6 Å². The first kappa shape index (κ1) is 35.2. The Hall–Kier alpha value is -7.79.